The summed E-state index contributed by atoms with van der Waals surface area (Å²) in [5, 5.41) is 8.44. The van der Waals surface area contributed by atoms with Gasteiger partial charge in [-0.15, -0.1) is 0 Å². The molecule has 2 aliphatic carbocycles. The molecule has 1 nitrogen and oxygen atoms in total. The van der Waals surface area contributed by atoms with Crippen LogP contribution in [0.5, 0.6) is 0 Å². The van der Waals surface area contributed by atoms with Gasteiger partial charge in [-0.2, -0.15) is 9.65 Å². The summed E-state index contributed by atoms with van der Waals surface area (Å²) in [6, 6.07) is 10.9. The van der Waals surface area contributed by atoms with Gasteiger partial charge in [-0.05, 0) is 98.7 Å². The van der Waals surface area contributed by atoms with Crippen molar-refractivity contribution in [1.29, 1.82) is 5.26 Å². The van der Waals surface area contributed by atoms with E-state index in [2.05, 4.69) is 49.4 Å². The molecular formula is C28H36FN. The summed E-state index contributed by atoms with van der Waals surface area (Å²) in [4.78, 5) is 0. The summed E-state index contributed by atoms with van der Waals surface area (Å²) in [6.45, 7) is 2.24. The van der Waals surface area contributed by atoms with Crippen LogP contribution in [0.4, 0.5) is 4.39 Å². The van der Waals surface area contributed by atoms with Crippen molar-refractivity contribution in [3.8, 4) is 6.07 Å². The van der Waals surface area contributed by atoms with E-state index >= 15 is 0 Å². The van der Waals surface area contributed by atoms with Gasteiger partial charge in [0, 0.05) is 0 Å². The Morgan fingerprint density at radius 2 is 1.43 bits per heavy atom. The van der Waals surface area contributed by atoms with Crippen LogP contribution in [0.15, 0.2) is 60.5 Å². The van der Waals surface area contributed by atoms with Crippen molar-refractivity contribution in [2.75, 3.05) is 0 Å². The molecule has 0 unspecified atom stereocenters. The molecule has 0 bridgehead atoms. The zero-order chi connectivity index (χ0) is 21.2. The number of benzene rings is 1. The third kappa shape index (κ3) is 6.98. The maximum atomic E-state index is 12.8. The molecule has 0 atom stereocenters. The van der Waals surface area contributed by atoms with Crippen LogP contribution >= 0.6 is 0 Å². The Morgan fingerprint density at radius 1 is 0.900 bits per heavy atom. The van der Waals surface area contributed by atoms with Gasteiger partial charge < -0.3 is 0 Å². The predicted molar refractivity (Wildman–Crippen MR) is 124 cm³/mol. The Hall–Kier alpha value is -2.14. The largest absolute Gasteiger partial charge is 0.199 e. The highest BCUT2D eigenvalue weighted by atomic mass is 19.1. The summed E-state index contributed by atoms with van der Waals surface area (Å²) < 4.78 is 12.8. The molecule has 2 aliphatic rings. The molecule has 0 aliphatic heterocycles. The van der Waals surface area contributed by atoms with Crippen molar-refractivity contribution in [3.05, 3.63) is 71.6 Å². The van der Waals surface area contributed by atoms with Crippen LogP contribution in [-0.2, 0) is 6.42 Å². The average Bonchev–Trinajstić information content (AvgIpc) is 2.79. The minimum atomic E-state index is -0.717. The SMILES string of the molecule is CCCc1ccc(C2CCC(/C=C/C3CCC(C=CC=C(F)C#N)CC3)CC2)cc1. The topological polar surface area (TPSA) is 23.8 Å². The van der Waals surface area contributed by atoms with Gasteiger partial charge >= 0.3 is 0 Å². The Labute approximate surface area is 182 Å². The lowest BCUT2D eigenvalue weighted by Gasteiger charge is -2.28. The lowest BCUT2D eigenvalue weighted by atomic mass is 9.77. The molecule has 0 heterocycles. The first-order valence-electron chi connectivity index (χ1n) is 11.9. The van der Waals surface area contributed by atoms with E-state index in [9.17, 15) is 4.39 Å². The highest BCUT2D eigenvalue weighted by molar-refractivity contribution is 5.26. The van der Waals surface area contributed by atoms with Crippen LogP contribution < -0.4 is 0 Å². The molecule has 160 valence electrons. The molecule has 1 aromatic carbocycles. The number of rotatable bonds is 7. The Balaban J connectivity index is 1.38. The third-order valence-electron chi connectivity index (χ3n) is 6.97. The standard InChI is InChI=1S/C28H36FN/c1-2-4-22-13-17-26(18-14-22)27-19-15-25(16-20-27)12-11-24-9-7-23(8-10-24)5-3-6-28(29)21-30/h3,5-6,11-14,17-18,23-25,27H,2,4,7-10,15-16,19-20H2,1H3/b5-3?,12-11+,28-6?. The second kappa shape index (κ2) is 11.9. The van der Waals surface area contributed by atoms with E-state index < -0.39 is 5.83 Å². The fraction of sp³-hybridized carbons (Fsp3) is 0.536. The molecule has 0 saturated heterocycles. The van der Waals surface area contributed by atoms with E-state index in [1.54, 1.807) is 6.08 Å². The zero-order valence-corrected chi connectivity index (χ0v) is 18.4. The van der Waals surface area contributed by atoms with Gasteiger partial charge in [-0.3, -0.25) is 0 Å². The Bertz CT molecular complexity index is 764. The fourth-order valence-electron chi connectivity index (χ4n) is 5.07. The molecule has 0 amide bonds. The molecule has 2 fully saturated rings. The van der Waals surface area contributed by atoms with Crippen molar-refractivity contribution in [2.24, 2.45) is 17.8 Å². The summed E-state index contributed by atoms with van der Waals surface area (Å²) in [5.41, 5.74) is 3.00. The van der Waals surface area contributed by atoms with E-state index in [1.165, 1.54) is 74.6 Å². The molecule has 1 aromatic rings. The minimum absolute atomic E-state index is 0.525. The molecule has 0 N–H and O–H groups in total. The second-order valence-corrected chi connectivity index (χ2v) is 9.17. The minimum Gasteiger partial charge on any atom is -0.195 e. The average molecular weight is 406 g/mol. The molecular weight excluding hydrogens is 369 g/mol. The number of nitriles is 1. The molecule has 2 saturated carbocycles. The Morgan fingerprint density at radius 3 is 1.97 bits per heavy atom. The number of hydrogen-bond donors (Lipinski definition) is 0. The number of allylic oxidation sites excluding steroid dienone is 6. The van der Waals surface area contributed by atoms with Gasteiger partial charge in [0.15, 0.2) is 5.83 Å². The quantitative estimate of drug-likeness (QED) is 0.255. The summed E-state index contributed by atoms with van der Waals surface area (Å²) >= 11 is 0. The van der Waals surface area contributed by atoms with Crippen LogP contribution in [0.25, 0.3) is 0 Å². The van der Waals surface area contributed by atoms with Gasteiger partial charge in [0.25, 0.3) is 0 Å². The van der Waals surface area contributed by atoms with Gasteiger partial charge in [0.2, 0.25) is 0 Å². The van der Waals surface area contributed by atoms with Crippen LogP contribution in [0.2, 0.25) is 0 Å². The molecule has 0 aromatic heterocycles. The molecule has 0 spiro atoms. The number of halogens is 1. The first-order valence-corrected chi connectivity index (χ1v) is 11.9. The van der Waals surface area contributed by atoms with E-state index in [4.69, 9.17) is 5.26 Å². The highest BCUT2D eigenvalue weighted by Gasteiger charge is 2.22. The summed E-state index contributed by atoms with van der Waals surface area (Å²) in [7, 11) is 0. The van der Waals surface area contributed by atoms with Crippen molar-refractivity contribution < 1.29 is 4.39 Å². The fourth-order valence-corrected chi connectivity index (χ4v) is 5.07. The predicted octanol–water partition coefficient (Wildman–Crippen LogP) is 8.21. The van der Waals surface area contributed by atoms with Crippen molar-refractivity contribution in [2.45, 2.75) is 77.0 Å². The molecule has 30 heavy (non-hydrogen) atoms. The normalized spacial score (nSPS) is 28.1. The maximum absolute atomic E-state index is 12.8. The molecule has 3 rings (SSSR count). The van der Waals surface area contributed by atoms with E-state index in [0.29, 0.717) is 11.8 Å². The Kier molecular flexibility index (Phi) is 8.94. The highest BCUT2D eigenvalue weighted by Crippen LogP contribution is 2.37. The zero-order valence-electron chi connectivity index (χ0n) is 18.4. The van der Waals surface area contributed by atoms with E-state index in [-0.39, 0.29) is 0 Å². The van der Waals surface area contributed by atoms with Gasteiger partial charge in [-0.25, -0.2) is 0 Å². The van der Waals surface area contributed by atoms with Crippen molar-refractivity contribution in [1.82, 2.24) is 0 Å². The second-order valence-electron chi connectivity index (χ2n) is 9.17. The monoisotopic (exact) mass is 405 g/mol. The van der Waals surface area contributed by atoms with E-state index in [1.807, 2.05) is 0 Å². The summed E-state index contributed by atoms with van der Waals surface area (Å²) in [5.74, 6) is 2.00. The lowest BCUT2D eigenvalue weighted by molar-refractivity contribution is 0.348. The van der Waals surface area contributed by atoms with Crippen LogP contribution in [0.3, 0.4) is 0 Å². The lowest BCUT2D eigenvalue weighted by Crippen LogP contribution is -2.14. The van der Waals surface area contributed by atoms with E-state index in [0.717, 1.165) is 24.7 Å². The number of aryl methyl sites for hydroxylation is 1. The van der Waals surface area contributed by atoms with Crippen molar-refractivity contribution in [3.63, 3.8) is 0 Å². The summed E-state index contributed by atoms with van der Waals surface area (Å²) in [6.07, 6.45) is 22.4. The van der Waals surface area contributed by atoms with Crippen LogP contribution in [0.1, 0.15) is 81.8 Å². The number of hydrogen-bond acceptors (Lipinski definition) is 1. The van der Waals surface area contributed by atoms with Gasteiger partial charge in [-0.1, -0.05) is 61.9 Å². The molecule has 2 heteroatoms. The van der Waals surface area contributed by atoms with Gasteiger partial charge in [0.05, 0.1) is 0 Å². The first-order chi connectivity index (χ1) is 14.7. The maximum Gasteiger partial charge on any atom is 0.199 e. The van der Waals surface area contributed by atoms with Crippen molar-refractivity contribution >= 4 is 0 Å². The van der Waals surface area contributed by atoms with Crippen LogP contribution in [-0.4, -0.2) is 0 Å². The van der Waals surface area contributed by atoms with Gasteiger partial charge in [0.1, 0.15) is 6.07 Å². The first kappa shape index (κ1) is 22.5. The van der Waals surface area contributed by atoms with Crippen LogP contribution in [0, 0.1) is 29.1 Å². The number of nitrogens with zero attached hydrogens (tertiary/aromatic N) is 1. The molecule has 0 radical (unpaired) electrons. The smallest absolute Gasteiger partial charge is 0.195 e. The third-order valence-corrected chi connectivity index (χ3v) is 6.97.